The van der Waals surface area contributed by atoms with Crippen molar-refractivity contribution in [2.45, 2.75) is 38.0 Å². The van der Waals surface area contributed by atoms with Gasteiger partial charge >= 0.3 is 17.9 Å². The van der Waals surface area contributed by atoms with Crippen LogP contribution >= 0.6 is 0 Å². The molecule has 4 aliphatic carbocycles. The summed E-state index contributed by atoms with van der Waals surface area (Å²) in [5, 5.41) is 8.37. The Morgan fingerprint density at radius 2 is 1.86 bits per heavy atom. The lowest BCUT2D eigenvalue weighted by Crippen LogP contribution is -2.52. The van der Waals surface area contributed by atoms with E-state index in [4.69, 9.17) is 5.11 Å². The maximum absolute atomic E-state index is 13.0. The van der Waals surface area contributed by atoms with E-state index in [9.17, 15) is 18.4 Å². The lowest BCUT2D eigenvalue weighted by molar-refractivity contribution is -0.187. The van der Waals surface area contributed by atoms with Crippen molar-refractivity contribution in [2.75, 3.05) is 6.61 Å². The molecule has 4 aliphatic rings. The summed E-state index contributed by atoms with van der Waals surface area (Å²) in [6.07, 6.45) is 3.93. The van der Waals surface area contributed by atoms with Crippen molar-refractivity contribution < 1.29 is 28.2 Å². The monoisotopic (exact) mass is 300 g/mol. The van der Waals surface area contributed by atoms with Crippen LogP contribution in [0, 0.1) is 23.2 Å². The highest BCUT2D eigenvalue weighted by atomic mass is 19.3. The first kappa shape index (κ1) is 14.5. The van der Waals surface area contributed by atoms with Crippen molar-refractivity contribution in [3.8, 4) is 0 Å². The minimum Gasteiger partial charge on any atom is -0.477 e. The average Bonchev–Trinajstić information content (AvgIpc) is 2.41. The van der Waals surface area contributed by atoms with Crippen molar-refractivity contribution in [3.63, 3.8) is 0 Å². The van der Waals surface area contributed by atoms with E-state index in [1.807, 2.05) is 0 Å². The minimum atomic E-state index is -4.03. The normalized spacial score (nSPS) is 37.6. The van der Waals surface area contributed by atoms with Crippen LogP contribution in [0.2, 0.25) is 0 Å². The van der Waals surface area contributed by atoms with Gasteiger partial charge in [0.15, 0.2) is 6.61 Å². The summed E-state index contributed by atoms with van der Waals surface area (Å²) in [5.41, 5.74) is 0.483. The second kappa shape index (κ2) is 4.52. The van der Waals surface area contributed by atoms with Crippen molar-refractivity contribution >= 4 is 11.9 Å². The molecule has 0 spiro atoms. The van der Waals surface area contributed by atoms with Crippen LogP contribution in [0.3, 0.4) is 0 Å². The first-order valence-electron chi connectivity index (χ1n) is 7.21. The number of ether oxygens (including phenoxy) is 1. The predicted molar refractivity (Wildman–Crippen MR) is 68.7 cm³/mol. The zero-order chi connectivity index (χ0) is 15.4. The number of hydrogen-bond donors (Lipinski definition) is 1. The van der Waals surface area contributed by atoms with Gasteiger partial charge in [-0.05, 0) is 49.9 Å². The van der Waals surface area contributed by atoms with E-state index in [0.717, 1.165) is 12.8 Å². The molecule has 4 saturated carbocycles. The molecule has 0 aliphatic heterocycles. The van der Waals surface area contributed by atoms with Gasteiger partial charge in [0.2, 0.25) is 0 Å². The number of halogens is 2. The highest BCUT2D eigenvalue weighted by molar-refractivity contribution is 5.79. The Morgan fingerprint density at radius 1 is 1.29 bits per heavy atom. The van der Waals surface area contributed by atoms with E-state index >= 15 is 0 Å². The molecule has 0 radical (unpaired) electrons. The summed E-state index contributed by atoms with van der Waals surface area (Å²) < 4.78 is 30.8. The highest BCUT2D eigenvalue weighted by Gasteiger charge is 2.57. The predicted octanol–water partition coefficient (Wildman–Crippen LogP) is 2.63. The van der Waals surface area contributed by atoms with Gasteiger partial charge in [0.1, 0.15) is 0 Å². The summed E-state index contributed by atoms with van der Waals surface area (Å²) >= 11 is 0. The van der Waals surface area contributed by atoms with Crippen LogP contribution in [0.4, 0.5) is 8.78 Å². The molecule has 4 bridgehead atoms. The Kier molecular flexibility index (Phi) is 3.11. The van der Waals surface area contributed by atoms with Gasteiger partial charge in [-0.1, -0.05) is 12.2 Å². The topological polar surface area (TPSA) is 63.6 Å². The number of carbonyl (C=O) groups excluding carboxylic acids is 1. The van der Waals surface area contributed by atoms with Gasteiger partial charge in [-0.15, -0.1) is 0 Å². The first-order valence-corrected chi connectivity index (χ1v) is 7.21. The number of aliphatic carboxylic acids is 1. The van der Waals surface area contributed by atoms with Gasteiger partial charge < -0.3 is 9.84 Å². The van der Waals surface area contributed by atoms with E-state index in [0.29, 0.717) is 25.2 Å². The van der Waals surface area contributed by atoms with Crippen LogP contribution in [0.15, 0.2) is 12.2 Å². The number of esters is 1. The van der Waals surface area contributed by atoms with Crippen LogP contribution in [-0.4, -0.2) is 29.6 Å². The smallest absolute Gasteiger partial charge is 0.378 e. The summed E-state index contributed by atoms with van der Waals surface area (Å²) in [5.74, 6) is -5.96. The molecule has 116 valence electrons. The molecule has 1 N–H and O–H groups in total. The number of rotatable bonds is 4. The summed E-state index contributed by atoms with van der Waals surface area (Å²) in [6.45, 7) is 2.72. The van der Waals surface area contributed by atoms with E-state index < -0.39 is 29.9 Å². The summed E-state index contributed by atoms with van der Waals surface area (Å²) in [4.78, 5) is 22.7. The second-order valence-electron chi connectivity index (χ2n) is 6.78. The largest absolute Gasteiger partial charge is 0.477 e. The maximum Gasteiger partial charge on any atom is 0.378 e. The number of carbonyl (C=O) groups is 2. The van der Waals surface area contributed by atoms with Crippen LogP contribution in [0.25, 0.3) is 0 Å². The van der Waals surface area contributed by atoms with E-state index in [1.165, 1.54) is 5.57 Å². The molecule has 21 heavy (non-hydrogen) atoms. The fraction of sp³-hybridized carbons (Fsp3) is 0.733. The van der Waals surface area contributed by atoms with Gasteiger partial charge in [0, 0.05) is 0 Å². The van der Waals surface area contributed by atoms with Crippen molar-refractivity contribution in [1.29, 1.82) is 0 Å². The second-order valence-corrected chi connectivity index (χ2v) is 6.78. The standard InChI is InChI=1S/C15H18F2O4/c1-8-10-2-9-3-11(8)6-14(4-9,5-10)13(20)21-7-15(16,17)12(18)19/h9-11H,1-7H2,(H,18,19)/t9?,10-,11?,14?/m1/s1. The Morgan fingerprint density at radius 3 is 2.38 bits per heavy atom. The summed E-state index contributed by atoms with van der Waals surface area (Å²) in [6, 6.07) is 0. The molecule has 0 aromatic heterocycles. The lowest BCUT2D eigenvalue weighted by atomic mass is 9.48. The molecule has 0 heterocycles. The number of hydrogen-bond acceptors (Lipinski definition) is 3. The van der Waals surface area contributed by atoms with Gasteiger partial charge in [0.25, 0.3) is 0 Å². The Labute approximate surface area is 121 Å². The van der Waals surface area contributed by atoms with Gasteiger partial charge in [0.05, 0.1) is 5.41 Å². The van der Waals surface area contributed by atoms with Gasteiger partial charge in [-0.3, -0.25) is 4.79 Å². The lowest BCUT2D eigenvalue weighted by Gasteiger charge is -2.56. The Bertz CT molecular complexity index is 496. The molecule has 0 aromatic carbocycles. The number of carboxylic acids is 1. The van der Waals surface area contributed by atoms with Crippen LogP contribution in [0.1, 0.15) is 32.1 Å². The van der Waals surface area contributed by atoms with Crippen molar-refractivity contribution in [1.82, 2.24) is 0 Å². The quantitative estimate of drug-likeness (QED) is 0.640. The Hall–Kier alpha value is -1.46. The first-order chi connectivity index (χ1) is 9.73. The number of carboxylic acid groups (broad SMARTS) is 1. The Balaban J connectivity index is 1.71. The SMILES string of the molecule is C=C1C2CC3C[C@@H]1CC(C(=O)OCC(F)(F)C(=O)O)(C3)C2. The van der Waals surface area contributed by atoms with Gasteiger partial charge in [-0.25, -0.2) is 4.79 Å². The highest BCUT2D eigenvalue weighted by Crippen LogP contribution is 2.62. The zero-order valence-electron chi connectivity index (χ0n) is 11.6. The van der Waals surface area contributed by atoms with Crippen molar-refractivity contribution in [3.05, 3.63) is 12.2 Å². The minimum absolute atomic E-state index is 0.281. The number of allylic oxidation sites excluding steroid dienone is 1. The third kappa shape index (κ3) is 2.24. The number of alkyl halides is 2. The molecule has 0 aromatic rings. The van der Waals surface area contributed by atoms with E-state index in [-0.39, 0.29) is 11.8 Å². The van der Waals surface area contributed by atoms with Crippen LogP contribution in [-0.2, 0) is 14.3 Å². The fourth-order valence-electron chi connectivity index (χ4n) is 4.50. The molecular formula is C15H18F2O4. The van der Waals surface area contributed by atoms with Crippen molar-refractivity contribution in [2.24, 2.45) is 23.2 Å². The van der Waals surface area contributed by atoms with E-state index in [1.54, 1.807) is 0 Å². The van der Waals surface area contributed by atoms with Crippen LogP contribution < -0.4 is 0 Å². The maximum atomic E-state index is 13.0. The fourth-order valence-corrected chi connectivity index (χ4v) is 4.50. The molecule has 4 rings (SSSR count). The summed E-state index contributed by atoms with van der Waals surface area (Å²) in [7, 11) is 0. The molecule has 0 amide bonds. The van der Waals surface area contributed by atoms with Crippen LogP contribution in [0.5, 0.6) is 0 Å². The molecule has 4 fully saturated rings. The molecule has 3 unspecified atom stereocenters. The molecule has 4 atom stereocenters. The molecule has 0 saturated heterocycles. The molecule has 6 heteroatoms. The third-order valence-corrected chi connectivity index (χ3v) is 5.37. The average molecular weight is 300 g/mol. The van der Waals surface area contributed by atoms with Gasteiger partial charge in [-0.2, -0.15) is 8.78 Å². The third-order valence-electron chi connectivity index (χ3n) is 5.37. The zero-order valence-corrected chi connectivity index (χ0v) is 11.6. The molecule has 4 nitrogen and oxygen atoms in total. The molecular weight excluding hydrogens is 282 g/mol. The van der Waals surface area contributed by atoms with E-state index in [2.05, 4.69) is 11.3 Å².